The van der Waals surface area contributed by atoms with Crippen LogP contribution < -0.4 is 5.32 Å². The minimum absolute atomic E-state index is 0.165. The lowest BCUT2D eigenvalue weighted by molar-refractivity contribution is -0.146. The number of pyridine rings is 1. The third kappa shape index (κ3) is 3.52. The third-order valence-corrected chi connectivity index (χ3v) is 5.91. The molecule has 0 saturated carbocycles. The van der Waals surface area contributed by atoms with Crippen LogP contribution in [0.3, 0.4) is 0 Å². The van der Waals surface area contributed by atoms with E-state index in [9.17, 15) is 9.59 Å². The van der Waals surface area contributed by atoms with E-state index in [1.807, 2.05) is 31.4 Å². The molecule has 0 unspecified atom stereocenters. The number of rotatable bonds is 2. The van der Waals surface area contributed by atoms with Gasteiger partial charge in [-0.2, -0.15) is 10.2 Å². The van der Waals surface area contributed by atoms with Crippen LogP contribution in [-0.2, 0) is 16.6 Å². The van der Waals surface area contributed by atoms with Gasteiger partial charge in [-0.1, -0.05) is 19.1 Å². The van der Waals surface area contributed by atoms with Gasteiger partial charge in [0.05, 0.1) is 35.2 Å². The topological polar surface area (TPSA) is 109 Å². The minimum atomic E-state index is -0.679. The SMILES string of the molecule is C[C@@H]1CC[C@@H](c2ccc3cn(C)nc3c2)N(C(=O)C(=O)Nc2cncc3cn[nH]c23)C1. The molecule has 0 aliphatic carbocycles. The van der Waals surface area contributed by atoms with E-state index in [1.54, 1.807) is 22.0 Å². The summed E-state index contributed by atoms with van der Waals surface area (Å²) in [5.41, 5.74) is 2.95. The van der Waals surface area contributed by atoms with Crippen LogP contribution in [0.25, 0.3) is 21.8 Å². The normalized spacial score (nSPS) is 19.1. The summed E-state index contributed by atoms with van der Waals surface area (Å²) in [5.74, 6) is -0.902. The maximum atomic E-state index is 13.2. The maximum Gasteiger partial charge on any atom is 0.314 e. The van der Waals surface area contributed by atoms with Gasteiger partial charge in [-0.15, -0.1) is 0 Å². The number of carbonyl (C=O) groups excluding carboxylic acids is 2. The molecule has 4 aromatic rings. The average Bonchev–Trinajstić information content (AvgIpc) is 3.38. The van der Waals surface area contributed by atoms with Crippen molar-refractivity contribution < 1.29 is 9.59 Å². The summed E-state index contributed by atoms with van der Waals surface area (Å²) in [4.78, 5) is 31.9. The number of piperidine rings is 1. The van der Waals surface area contributed by atoms with Crippen LogP contribution >= 0.6 is 0 Å². The van der Waals surface area contributed by atoms with E-state index in [2.05, 4.69) is 32.5 Å². The Labute approximate surface area is 178 Å². The number of anilines is 1. The van der Waals surface area contributed by atoms with E-state index in [0.717, 1.165) is 34.7 Å². The molecule has 4 heterocycles. The molecule has 3 aromatic heterocycles. The van der Waals surface area contributed by atoms with Crippen LogP contribution in [0.1, 0.15) is 31.4 Å². The highest BCUT2D eigenvalue weighted by molar-refractivity contribution is 6.40. The molecule has 1 fully saturated rings. The molecule has 2 amide bonds. The van der Waals surface area contributed by atoms with E-state index in [-0.39, 0.29) is 6.04 Å². The van der Waals surface area contributed by atoms with E-state index >= 15 is 0 Å². The molecule has 1 aliphatic heterocycles. The number of aromatic amines is 1. The second kappa shape index (κ2) is 7.50. The Balaban J connectivity index is 1.42. The Morgan fingerprint density at radius 3 is 2.90 bits per heavy atom. The molecule has 9 heteroatoms. The summed E-state index contributed by atoms with van der Waals surface area (Å²) in [6, 6.07) is 5.90. The second-order valence-electron chi connectivity index (χ2n) is 8.25. The molecular formula is C22H23N7O2. The van der Waals surface area contributed by atoms with Gasteiger partial charge < -0.3 is 10.2 Å². The van der Waals surface area contributed by atoms with Crippen molar-refractivity contribution in [2.24, 2.45) is 13.0 Å². The summed E-state index contributed by atoms with van der Waals surface area (Å²) in [7, 11) is 1.89. The number of hydrogen-bond acceptors (Lipinski definition) is 5. The van der Waals surface area contributed by atoms with E-state index in [0.29, 0.717) is 23.7 Å². The van der Waals surface area contributed by atoms with Gasteiger partial charge in [0.25, 0.3) is 0 Å². The Bertz CT molecular complexity index is 1290. The van der Waals surface area contributed by atoms with Crippen molar-refractivity contribution in [1.82, 2.24) is 29.9 Å². The number of nitrogens with zero attached hydrogens (tertiary/aromatic N) is 5. The quantitative estimate of drug-likeness (QED) is 0.488. The Morgan fingerprint density at radius 1 is 1.16 bits per heavy atom. The first-order chi connectivity index (χ1) is 15.0. The molecule has 2 atom stereocenters. The molecule has 0 radical (unpaired) electrons. The van der Waals surface area contributed by atoms with Crippen molar-refractivity contribution in [1.29, 1.82) is 0 Å². The van der Waals surface area contributed by atoms with Crippen LogP contribution in [0, 0.1) is 5.92 Å². The standard InChI is InChI=1S/C22H23N7O2/c1-13-3-6-19(14-4-5-15-12-28(2)27-17(15)7-14)29(11-13)22(31)21(30)25-18-10-23-8-16-9-24-26-20(16)18/h4-5,7-10,12-13,19H,3,6,11H2,1-2H3,(H,24,26)(H,25,30)/t13-,19+/m1/s1. The smallest absolute Gasteiger partial charge is 0.314 e. The number of aryl methyl sites for hydroxylation is 1. The number of hydrogen-bond donors (Lipinski definition) is 2. The number of aromatic nitrogens is 5. The number of benzene rings is 1. The second-order valence-corrected chi connectivity index (χ2v) is 8.25. The van der Waals surface area contributed by atoms with Gasteiger partial charge in [0.1, 0.15) is 0 Å². The molecule has 1 aromatic carbocycles. The van der Waals surface area contributed by atoms with E-state index in [1.165, 1.54) is 6.20 Å². The lowest BCUT2D eigenvalue weighted by Gasteiger charge is -2.38. The maximum absolute atomic E-state index is 13.2. The molecule has 31 heavy (non-hydrogen) atoms. The fourth-order valence-corrected chi connectivity index (χ4v) is 4.35. The highest BCUT2D eigenvalue weighted by Crippen LogP contribution is 2.34. The lowest BCUT2D eigenvalue weighted by Crippen LogP contribution is -2.46. The van der Waals surface area contributed by atoms with Crippen molar-refractivity contribution in [2.75, 3.05) is 11.9 Å². The number of nitrogens with one attached hydrogen (secondary N) is 2. The number of likely N-dealkylation sites (tertiary alicyclic amines) is 1. The predicted octanol–water partition coefficient (Wildman–Crippen LogP) is 2.78. The molecule has 158 valence electrons. The van der Waals surface area contributed by atoms with Gasteiger partial charge in [-0.25, -0.2) is 0 Å². The first-order valence-corrected chi connectivity index (χ1v) is 10.3. The predicted molar refractivity (Wildman–Crippen MR) is 116 cm³/mol. The van der Waals surface area contributed by atoms with Crippen LogP contribution in [0.4, 0.5) is 5.69 Å². The van der Waals surface area contributed by atoms with Gasteiger partial charge in [-0.05, 0) is 30.4 Å². The van der Waals surface area contributed by atoms with Crippen molar-refractivity contribution in [3.8, 4) is 0 Å². The van der Waals surface area contributed by atoms with Crippen LogP contribution in [-0.4, -0.2) is 48.2 Å². The van der Waals surface area contributed by atoms with E-state index in [4.69, 9.17) is 0 Å². The van der Waals surface area contributed by atoms with Crippen LogP contribution in [0.15, 0.2) is 43.0 Å². The van der Waals surface area contributed by atoms with Crippen molar-refractivity contribution in [2.45, 2.75) is 25.8 Å². The summed E-state index contributed by atoms with van der Waals surface area (Å²) in [5, 5.41) is 15.8. The van der Waals surface area contributed by atoms with Crippen LogP contribution in [0.5, 0.6) is 0 Å². The Hall–Kier alpha value is -3.75. The molecular weight excluding hydrogens is 394 g/mol. The zero-order chi connectivity index (χ0) is 21.5. The van der Waals surface area contributed by atoms with E-state index < -0.39 is 11.8 Å². The monoisotopic (exact) mass is 417 g/mol. The number of carbonyl (C=O) groups is 2. The van der Waals surface area contributed by atoms with Crippen molar-refractivity contribution in [3.63, 3.8) is 0 Å². The first-order valence-electron chi connectivity index (χ1n) is 10.3. The highest BCUT2D eigenvalue weighted by Gasteiger charge is 2.34. The van der Waals surface area contributed by atoms with Gasteiger partial charge in [0.2, 0.25) is 0 Å². The van der Waals surface area contributed by atoms with Gasteiger partial charge in [0.15, 0.2) is 0 Å². The van der Waals surface area contributed by atoms with Crippen molar-refractivity contribution >= 4 is 39.3 Å². The van der Waals surface area contributed by atoms with Crippen molar-refractivity contribution in [3.05, 3.63) is 48.5 Å². The minimum Gasteiger partial charge on any atom is -0.327 e. The fourth-order valence-electron chi connectivity index (χ4n) is 4.35. The molecule has 9 nitrogen and oxygen atoms in total. The zero-order valence-corrected chi connectivity index (χ0v) is 17.4. The fraction of sp³-hybridized carbons (Fsp3) is 0.318. The molecule has 0 spiro atoms. The molecule has 1 aliphatic rings. The first kappa shape index (κ1) is 19.2. The Morgan fingerprint density at radius 2 is 2.03 bits per heavy atom. The number of fused-ring (bicyclic) bond motifs is 2. The number of H-pyrrole nitrogens is 1. The summed E-state index contributed by atoms with van der Waals surface area (Å²) in [6.45, 7) is 2.63. The molecule has 0 bridgehead atoms. The zero-order valence-electron chi connectivity index (χ0n) is 17.4. The van der Waals surface area contributed by atoms with Gasteiger partial charge in [0, 0.05) is 36.8 Å². The molecule has 5 rings (SSSR count). The lowest BCUT2D eigenvalue weighted by atomic mass is 9.89. The van der Waals surface area contributed by atoms with Gasteiger partial charge in [-0.3, -0.25) is 24.4 Å². The van der Waals surface area contributed by atoms with Crippen LogP contribution in [0.2, 0.25) is 0 Å². The molecule has 2 N–H and O–H groups in total. The summed E-state index contributed by atoms with van der Waals surface area (Å²) in [6.07, 6.45) is 8.53. The van der Waals surface area contributed by atoms with Gasteiger partial charge >= 0.3 is 11.8 Å². The summed E-state index contributed by atoms with van der Waals surface area (Å²) >= 11 is 0. The largest absolute Gasteiger partial charge is 0.327 e. The highest BCUT2D eigenvalue weighted by atomic mass is 16.2. The average molecular weight is 417 g/mol. The third-order valence-electron chi connectivity index (χ3n) is 5.91. The summed E-state index contributed by atoms with van der Waals surface area (Å²) < 4.78 is 1.78. The number of amides is 2. The molecule has 1 saturated heterocycles. The Kier molecular flexibility index (Phi) is 4.65.